The van der Waals surface area contributed by atoms with E-state index in [9.17, 15) is 0 Å². The smallest absolute Gasteiger partial charge is 0.399 e. The van der Waals surface area contributed by atoms with Crippen LogP contribution in [0.4, 0.5) is 0 Å². The second kappa shape index (κ2) is 6.76. The second-order valence-electron chi connectivity index (χ2n) is 12.0. The molecule has 0 radical (unpaired) electrons. The Morgan fingerprint density at radius 3 is 0.912 bits per heavy atom. The molecule has 4 nitrogen and oxygen atoms in total. The van der Waals surface area contributed by atoms with Gasteiger partial charge in [-0.15, -0.1) is 0 Å². The Kier molecular flexibility index (Phi) is 4.45. The van der Waals surface area contributed by atoms with Gasteiger partial charge in [0, 0.05) is 0 Å². The molecule has 0 amide bonds. The van der Waals surface area contributed by atoms with E-state index in [1.807, 2.05) is 0 Å². The van der Waals surface area contributed by atoms with Crippen molar-refractivity contribution < 1.29 is 18.6 Å². The summed E-state index contributed by atoms with van der Waals surface area (Å²) in [4.78, 5) is 0. The van der Waals surface area contributed by atoms with E-state index in [4.69, 9.17) is 18.6 Å². The van der Waals surface area contributed by atoms with E-state index in [2.05, 4.69) is 104 Å². The Morgan fingerprint density at radius 2 is 0.676 bits per heavy atom. The zero-order valence-electron chi connectivity index (χ0n) is 21.4. The van der Waals surface area contributed by atoms with Gasteiger partial charge in [-0.2, -0.15) is 0 Å². The molecule has 6 heteroatoms. The highest BCUT2D eigenvalue weighted by Gasteiger charge is 2.52. The summed E-state index contributed by atoms with van der Waals surface area (Å²) in [5.41, 5.74) is 0.672. The SMILES string of the molecule is CC1(C)OB(c2cc3ccc4cc(B5OC(C)(C)C(C)(C)O5)cc5ccc(c2)c3c45)OC1(C)C. The Hall–Kier alpha value is -2.11. The van der Waals surface area contributed by atoms with Crippen molar-refractivity contribution in [3.8, 4) is 0 Å². The molecule has 2 heterocycles. The molecule has 2 aliphatic rings. The molecule has 0 atom stereocenters. The highest BCUT2D eigenvalue weighted by molar-refractivity contribution is 6.63. The Morgan fingerprint density at radius 1 is 0.441 bits per heavy atom. The summed E-state index contributed by atoms with van der Waals surface area (Å²) in [6.45, 7) is 16.7. The third-order valence-electron chi connectivity index (χ3n) is 8.63. The molecule has 0 bridgehead atoms. The van der Waals surface area contributed by atoms with E-state index in [1.165, 1.54) is 32.3 Å². The lowest BCUT2D eigenvalue weighted by atomic mass is 9.75. The van der Waals surface area contributed by atoms with E-state index in [0.717, 1.165) is 10.9 Å². The average Bonchev–Trinajstić information content (AvgIpc) is 3.11. The molecule has 0 unspecified atom stereocenters. The highest BCUT2D eigenvalue weighted by atomic mass is 16.7. The topological polar surface area (TPSA) is 36.9 Å². The molecule has 6 rings (SSSR count). The first-order valence-corrected chi connectivity index (χ1v) is 12.2. The first kappa shape index (κ1) is 22.4. The normalized spacial score (nSPS) is 23.1. The molecule has 0 spiro atoms. The van der Waals surface area contributed by atoms with E-state index in [0.29, 0.717) is 0 Å². The lowest BCUT2D eigenvalue weighted by Crippen LogP contribution is -2.41. The molecule has 34 heavy (non-hydrogen) atoms. The van der Waals surface area contributed by atoms with Crippen molar-refractivity contribution in [3.63, 3.8) is 0 Å². The van der Waals surface area contributed by atoms with Crippen LogP contribution in [0.3, 0.4) is 0 Å². The van der Waals surface area contributed by atoms with Crippen molar-refractivity contribution >= 4 is 57.5 Å². The summed E-state index contributed by atoms with van der Waals surface area (Å²) in [6, 6.07) is 17.7. The van der Waals surface area contributed by atoms with Crippen LogP contribution in [0.25, 0.3) is 32.3 Å². The summed E-state index contributed by atoms with van der Waals surface area (Å²) in [6.07, 6.45) is 0. The number of hydrogen-bond acceptors (Lipinski definition) is 4. The number of benzene rings is 4. The van der Waals surface area contributed by atoms with Crippen molar-refractivity contribution in [1.82, 2.24) is 0 Å². The van der Waals surface area contributed by atoms with Gasteiger partial charge >= 0.3 is 14.2 Å². The van der Waals surface area contributed by atoms with Crippen molar-refractivity contribution in [1.29, 1.82) is 0 Å². The zero-order chi connectivity index (χ0) is 24.3. The van der Waals surface area contributed by atoms with Gasteiger partial charge in [-0.05, 0) is 98.6 Å². The van der Waals surface area contributed by atoms with Gasteiger partial charge in [-0.3, -0.25) is 0 Å². The Labute approximate surface area is 202 Å². The molecule has 4 aromatic carbocycles. The minimum Gasteiger partial charge on any atom is -0.399 e. The first-order chi connectivity index (χ1) is 15.8. The predicted octanol–water partition coefficient (Wildman–Crippen LogP) is 5.18. The van der Waals surface area contributed by atoms with E-state index in [-0.39, 0.29) is 36.6 Å². The molecular weight excluding hydrogens is 422 g/mol. The van der Waals surface area contributed by atoms with Crippen LogP contribution in [-0.4, -0.2) is 36.6 Å². The van der Waals surface area contributed by atoms with Gasteiger partial charge in [0.1, 0.15) is 0 Å². The third kappa shape index (κ3) is 3.09. The largest absolute Gasteiger partial charge is 0.494 e. The summed E-state index contributed by atoms with van der Waals surface area (Å²) in [5, 5.41) is 7.34. The van der Waals surface area contributed by atoms with Crippen molar-refractivity contribution in [3.05, 3.63) is 48.5 Å². The lowest BCUT2D eigenvalue weighted by Gasteiger charge is -2.32. The minimum absolute atomic E-state index is 0.361. The van der Waals surface area contributed by atoms with Crippen LogP contribution in [-0.2, 0) is 18.6 Å². The minimum atomic E-state index is -0.373. The van der Waals surface area contributed by atoms with E-state index < -0.39 is 0 Å². The third-order valence-corrected chi connectivity index (χ3v) is 8.63. The van der Waals surface area contributed by atoms with Crippen LogP contribution in [0.2, 0.25) is 0 Å². The predicted molar refractivity (Wildman–Crippen MR) is 142 cm³/mol. The Bertz CT molecular complexity index is 1230. The lowest BCUT2D eigenvalue weighted by molar-refractivity contribution is 0.00578. The Balaban J connectivity index is 1.46. The van der Waals surface area contributed by atoms with Gasteiger partial charge in [-0.1, -0.05) is 48.5 Å². The summed E-state index contributed by atoms with van der Waals surface area (Å²) in [7, 11) is -0.746. The number of hydrogen-bond donors (Lipinski definition) is 0. The molecule has 174 valence electrons. The van der Waals surface area contributed by atoms with Crippen molar-refractivity contribution in [2.75, 3.05) is 0 Å². The maximum atomic E-state index is 6.33. The molecular formula is C28H32B2O4. The summed E-state index contributed by atoms with van der Waals surface area (Å²) in [5.74, 6) is 0. The molecule has 0 N–H and O–H groups in total. The van der Waals surface area contributed by atoms with Crippen LogP contribution < -0.4 is 10.9 Å². The molecule has 0 aromatic heterocycles. The van der Waals surface area contributed by atoms with Crippen LogP contribution in [0.5, 0.6) is 0 Å². The zero-order valence-corrected chi connectivity index (χ0v) is 21.4. The van der Waals surface area contributed by atoms with E-state index in [1.54, 1.807) is 0 Å². The fraction of sp³-hybridized carbons (Fsp3) is 0.429. The van der Waals surface area contributed by atoms with Crippen molar-refractivity contribution in [2.24, 2.45) is 0 Å². The number of rotatable bonds is 2. The van der Waals surface area contributed by atoms with Gasteiger partial charge in [0.15, 0.2) is 0 Å². The maximum Gasteiger partial charge on any atom is 0.494 e. The molecule has 2 fully saturated rings. The average molecular weight is 454 g/mol. The molecule has 4 aromatic rings. The fourth-order valence-corrected chi connectivity index (χ4v) is 5.12. The monoisotopic (exact) mass is 454 g/mol. The summed E-state index contributed by atoms with van der Waals surface area (Å²) < 4.78 is 25.3. The molecule has 0 aliphatic carbocycles. The quantitative estimate of drug-likeness (QED) is 0.309. The van der Waals surface area contributed by atoms with Gasteiger partial charge in [0.2, 0.25) is 0 Å². The van der Waals surface area contributed by atoms with Gasteiger partial charge in [0.25, 0.3) is 0 Å². The van der Waals surface area contributed by atoms with Gasteiger partial charge in [0.05, 0.1) is 22.4 Å². The highest BCUT2D eigenvalue weighted by Crippen LogP contribution is 2.40. The fourth-order valence-electron chi connectivity index (χ4n) is 5.12. The molecule has 2 aliphatic heterocycles. The summed E-state index contributed by atoms with van der Waals surface area (Å²) >= 11 is 0. The van der Waals surface area contributed by atoms with Crippen LogP contribution >= 0.6 is 0 Å². The van der Waals surface area contributed by atoms with Gasteiger partial charge in [-0.25, -0.2) is 0 Å². The van der Waals surface area contributed by atoms with Crippen LogP contribution in [0.1, 0.15) is 55.4 Å². The van der Waals surface area contributed by atoms with Crippen LogP contribution in [0, 0.1) is 0 Å². The van der Waals surface area contributed by atoms with Gasteiger partial charge < -0.3 is 18.6 Å². The molecule has 2 saturated heterocycles. The van der Waals surface area contributed by atoms with Crippen molar-refractivity contribution in [2.45, 2.75) is 77.8 Å². The first-order valence-electron chi connectivity index (χ1n) is 12.2. The second-order valence-corrected chi connectivity index (χ2v) is 12.0. The standard InChI is InChI=1S/C28H32B2O4/c1-25(2)26(3,4)32-29(31-25)21-13-17-9-11-19-15-22(30-33-27(5,6)28(7,8)34-30)16-20-12-10-18(14-21)23(17)24(19)20/h9-16H,1-8H3. The maximum absolute atomic E-state index is 6.33. The van der Waals surface area contributed by atoms with E-state index >= 15 is 0 Å². The molecule has 0 saturated carbocycles. The van der Waals surface area contributed by atoms with Crippen LogP contribution in [0.15, 0.2) is 48.5 Å².